The van der Waals surface area contributed by atoms with Gasteiger partial charge in [-0.25, -0.2) is 0 Å². The number of amides is 1. The lowest BCUT2D eigenvalue weighted by Gasteiger charge is -2.14. The fourth-order valence-electron chi connectivity index (χ4n) is 2.76. The van der Waals surface area contributed by atoms with Crippen molar-refractivity contribution in [2.75, 3.05) is 20.2 Å². The normalized spacial score (nSPS) is 14.6. The van der Waals surface area contributed by atoms with E-state index < -0.39 is 0 Å². The van der Waals surface area contributed by atoms with Crippen LogP contribution in [0.2, 0.25) is 5.02 Å². The van der Waals surface area contributed by atoms with Crippen molar-refractivity contribution in [3.05, 3.63) is 64.2 Å². The van der Waals surface area contributed by atoms with Gasteiger partial charge in [0.05, 0.1) is 12.7 Å². The first-order chi connectivity index (χ1) is 11.7. The first-order valence-electron chi connectivity index (χ1n) is 7.84. The Morgan fingerprint density at radius 1 is 1.25 bits per heavy atom. The average Bonchev–Trinajstić information content (AvgIpc) is 3.15. The predicted octanol–water partition coefficient (Wildman–Crippen LogP) is 2.47. The summed E-state index contributed by atoms with van der Waals surface area (Å²) in [5.41, 5.74) is 8.76. The summed E-state index contributed by atoms with van der Waals surface area (Å²) in [5, 5.41) is 3.53. The van der Waals surface area contributed by atoms with Crippen molar-refractivity contribution in [2.45, 2.75) is 12.5 Å². The largest absolute Gasteiger partial charge is 0.496 e. The predicted molar refractivity (Wildman–Crippen MR) is 94.4 cm³/mol. The van der Waals surface area contributed by atoms with Gasteiger partial charge in [-0.3, -0.25) is 15.6 Å². The number of hydrazine groups is 1. The van der Waals surface area contributed by atoms with Crippen molar-refractivity contribution < 1.29 is 9.53 Å². The second kappa shape index (κ2) is 7.66. The minimum absolute atomic E-state index is 0.180. The Labute approximate surface area is 146 Å². The van der Waals surface area contributed by atoms with Gasteiger partial charge in [0.15, 0.2) is 0 Å². The first-order valence-corrected chi connectivity index (χ1v) is 8.22. The van der Waals surface area contributed by atoms with Crippen LogP contribution in [0.4, 0.5) is 0 Å². The van der Waals surface area contributed by atoms with E-state index in [1.165, 1.54) is 0 Å². The van der Waals surface area contributed by atoms with Crippen LogP contribution < -0.4 is 20.9 Å². The summed E-state index contributed by atoms with van der Waals surface area (Å²) in [7, 11) is 1.58. The number of ether oxygens (including phenoxy) is 1. The van der Waals surface area contributed by atoms with Crippen LogP contribution in [-0.2, 0) is 6.54 Å². The van der Waals surface area contributed by atoms with Gasteiger partial charge in [0.2, 0.25) is 0 Å². The molecule has 1 amide bonds. The molecule has 3 rings (SSSR count). The molecule has 1 fully saturated rings. The van der Waals surface area contributed by atoms with Crippen LogP contribution in [0.15, 0.2) is 42.5 Å². The van der Waals surface area contributed by atoms with Gasteiger partial charge in [-0.15, -0.1) is 0 Å². The van der Waals surface area contributed by atoms with E-state index in [0.717, 1.165) is 24.2 Å². The van der Waals surface area contributed by atoms with Crippen molar-refractivity contribution in [1.82, 2.24) is 16.2 Å². The summed E-state index contributed by atoms with van der Waals surface area (Å²) in [5.74, 6) is 0.774. The van der Waals surface area contributed by atoms with E-state index in [0.29, 0.717) is 28.8 Å². The lowest BCUT2D eigenvalue weighted by Crippen LogP contribution is -2.23. The summed E-state index contributed by atoms with van der Waals surface area (Å²) in [6.45, 7) is 2.10. The number of methoxy groups -OCH3 is 1. The number of hydrogen-bond acceptors (Lipinski definition) is 4. The molecule has 0 radical (unpaired) electrons. The monoisotopic (exact) mass is 345 g/mol. The topological polar surface area (TPSA) is 62.4 Å². The molecule has 126 valence electrons. The highest BCUT2D eigenvalue weighted by atomic mass is 35.5. The summed E-state index contributed by atoms with van der Waals surface area (Å²) in [4.78, 5) is 12.5. The van der Waals surface area contributed by atoms with Gasteiger partial charge in [0.25, 0.3) is 5.91 Å². The number of benzene rings is 2. The smallest absolute Gasteiger partial charge is 0.255 e. The highest BCUT2D eigenvalue weighted by molar-refractivity contribution is 6.31. The molecular weight excluding hydrogens is 326 g/mol. The van der Waals surface area contributed by atoms with Gasteiger partial charge in [-0.05, 0) is 29.3 Å². The molecule has 3 N–H and O–H groups in total. The Balaban J connectivity index is 1.73. The third-order valence-corrected chi connectivity index (χ3v) is 4.53. The first kappa shape index (κ1) is 16.8. The maximum absolute atomic E-state index is 12.5. The molecular formula is C18H20ClN3O2. The Kier molecular flexibility index (Phi) is 5.35. The highest BCUT2D eigenvalue weighted by Crippen LogP contribution is 2.26. The Hall–Kier alpha value is -2.08. The molecule has 1 aliphatic heterocycles. The van der Waals surface area contributed by atoms with Gasteiger partial charge in [-0.1, -0.05) is 35.9 Å². The maximum atomic E-state index is 12.5. The van der Waals surface area contributed by atoms with Gasteiger partial charge in [-0.2, -0.15) is 0 Å². The number of rotatable bonds is 5. The minimum Gasteiger partial charge on any atom is -0.496 e. The van der Waals surface area contributed by atoms with Gasteiger partial charge in [0, 0.05) is 30.6 Å². The fourth-order valence-corrected chi connectivity index (χ4v) is 2.96. The number of nitrogens with one attached hydrogen (secondary N) is 3. The molecule has 1 saturated heterocycles. The zero-order chi connectivity index (χ0) is 16.9. The highest BCUT2D eigenvalue weighted by Gasteiger charge is 2.19. The zero-order valence-electron chi connectivity index (χ0n) is 13.4. The van der Waals surface area contributed by atoms with E-state index in [1.54, 1.807) is 7.11 Å². The van der Waals surface area contributed by atoms with Crippen molar-refractivity contribution in [3.8, 4) is 5.75 Å². The van der Waals surface area contributed by atoms with Crippen LogP contribution in [0.5, 0.6) is 5.75 Å². The van der Waals surface area contributed by atoms with E-state index in [4.69, 9.17) is 16.3 Å². The molecule has 24 heavy (non-hydrogen) atoms. The van der Waals surface area contributed by atoms with Gasteiger partial charge < -0.3 is 10.1 Å². The average molecular weight is 346 g/mol. The van der Waals surface area contributed by atoms with Gasteiger partial charge in [0.1, 0.15) is 5.75 Å². The van der Waals surface area contributed by atoms with Crippen molar-refractivity contribution >= 4 is 17.5 Å². The molecule has 0 aliphatic carbocycles. The molecule has 0 bridgehead atoms. The van der Waals surface area contributed by atoms with E-state index in [-0.39, 0.29) is 5.91 Å². The standard InChI is InChI=1S/C18H20ClN3O2/c1-24-17-8-12(14-10-21-22-11-14)6-7-15(17)18(23)20-9-13-4-2-3-5-16(13)19/h2-8,14,21-22H,9-11H2,1H3,(H,20,23). The van der Waals surface area contributed by atoms with Crippen LogP contribution in [0.3, 0.4) is 0 Å². The fraction of sp³-hybridized carbons (Fsp3) is 0.278. The van der Waals surface area contributed by atoms with Crippen LogP contribution in [-0.4, -0.2) is 26.1 Å². The molecule has 0 unspecified atom stereocenters. The van der Waals surface area contributed by atoms with Crippen molar-refractivity contribution in [2.24, 2.45) is 0 Å². The third-order valence-electron chi connectivity index (χ3n) is 4.16. The minimum atomic E-state index is -0.180. The van der Waals surface area contributed by atoms with Crippen LogP contribution >= 0.6 is 11.6 Å². The molecule has 6 heteroatoms. The second-order valence-corrected chi connectivity index (χ2v) is 6.10. The SMILES string of the molecule is COc1cc(C2CNNC2)ccc1C(=O)NCc1ccccc1Cl. The third kappa shape index (κ3) is 3.70. The van der Waals surface area contributed by atoms with Crippen LogP contribution in [0, 0.1) is 0 Å². The number of hydrogen-bond donors (Lipinski definition) is 3. The molecule has 0 atom stereocenters. The summed E-state index contributed by atoms with van der Waals surface area (Å²) in [6.07, 6.45) is 0. The molecule has 0 spiro atoms. The molecule has 0 saturated carbocycles. The van der Waals surface area contributed by atoms with Gasteiger partial charge >= 0.3 is 0 Å². The Morgan fingerprint density at radius 3 is 2.71 bits per heavy atom. The molecule has 1 aliphatic rings. The molecule has 2 aromatic rings. The number of carbonyl (C=O) groups excluding carboxylic acids is 1. The summed E-state index contributed by atoms with van der Waals surface area (Å²) >= 11 is 6.12. The zero-order valence-corrected chi connectivity index (χ0v) is 14.2. The van der Waals surface area contributed by atoms with Crippen molar-refractivity contribution in [1.29, 1.82) is 0 Å². The van der Waals surface area contributed by atoms with E-state index >= 15 is 0 Å². The van der Waals surface area contributed by atoms with E-state index in [2.05, 4.69) is 16.2 Å². The van der Waals surface area contributed by atoms with Crippen LogP contribution in [0.1, 0.15) is 27.4 Å². The molecule has 2 aromatic carbocycles. The quantitative estimate of drug-likeness (QED) is 0.779. The molecule has 0 aromatic heterocycles. The van der Waals surface area contributed by atoms with E-state index in [9.17, 15) is 4.79 Å². The lowest BCUT2D eigenvalue weighted by molar-refractivity contribution is 0.0948. The maximum Gasteiger partial charge on any atom is 0.255 e. The Morgan fingerprint density at radius 2 is 2.00 bits per heavy atom. The summed E-state index contributed by atoms with van der Waals surface area (Å²) < 4.78 is 5.41. The summed E-state index contributed by atoms with van der Waals surface area (Å²) in [6, 6.07) is 13.2. The number of halogens is 1. The molecule has 1 heterocycles. The Bertz CT molecular complexity index is 730. The van der Waals surface area contributed by atoms with E-state index in [1.807, 2.05) is 42.5 Å². The molecule has 5 nitrogen and oxygen atoms in total. The van der Waals surface area contributed by atoms with Crippen LogP contribution in [0.25, 0.3) is 0 Å². The second-order valence-electron chi connectivity index (χ2n) is 5.69. The van der Waals surface area contributed by atoms with Crippen molar-refractivity contribution in [3.63, 3.8) is 0 Å². The number of carbonyl (C=O) groups is 1. The lowest BCUT2D eigenvalue weighted by atomic mass is 9.98.